The average Bonchev–Trinajstić information content (AvgIpc) is 2.16. The Balaban J connectivity index is 3.26. The molecule has 0 atom stereocenters. The van der Waals surface area contributed by atoms with Crippen molar-refractivity contribution in [3.63, 3.8) is 0 Å². The smallest absolute Gasteiger partial charge is 0.214 e. The largest absolute Gasteiger partial charge is 0.501 e. The monoisotopic (exact) mass is 234 g/mol. The van der Waals surface area contributed by atoms with E-state index < -0.39 is 20.2 Å². The molecule has 0 bridgehead atoms. The third-order valence-corrected chi connectivity index (χ3v) is 3.14. The van der Waals surface area contributed by atoms with Gasteiger partial charge in [-0.1, -0.05) is 5.92 Å². The third-order valence-electron chi connectivity index (χ3n) is 1.64. The minimum Gasteiger partial charge on any atom is -0.214 e. The van der Waals surface area contributed by atoms with Gasteiger partial charge in [0, 0.05) is 5.56 Å². The normalized spacial score (nSPS) is 12.1. The summed E-state index contributed by atoms with van der Waals surface area (Å²) in [6.45, 7) is 0. The third kappa shape index (κ3) is 2.13. The Morgan fingerprint density at radius 1 is 1.13 bits per heavy atom. The fourth-order valence-electron chi connectivity index (χ4n) is 0.864. The molecule has 0 aliphatic rings. The molecule has 1 aromatic rings. The molecular weight excluding hydrogens is 229 g/mol. The van der Waals surface area contributed by atoms with Crippen LogP contribution in [0.4, 0.5) is 13.2 Å². The molecule has 0 saturated heterocycles. The van der Waals surface area contributed by atoms with Crippen LogP contribution in [0.3, 0.4) is 0 Å². The molecular formula is C9H5F3O2S. The summed E-state index contributed by atoms with van der Waals surface area (Å²) in [6.07, 6.45) is 4.97. The second kappa shape index (κ2) is 3.59. The van der Waals surface area contributed by atoms with Gasteiger partial charge < -0.3 is 0 Å². The highest BCUT2D eigenvalue weighted by Crippen LogP contribution is 2.29. The summed E-state index contributed by atoms with van der Waals surface area (Å²) in [7, 11) is -5.27. The van der Waals surface area contributed by atoms with Crippen LogP contribution >= 0.6 is 0 Å². The van der Waals surface area contributed by atoms with Gasteiger partial charge in [0.1, 0.15) is 0 Å². The van der Waals surface area contributed by atoms with E-state index in [-0.39, 0.29) is 0 Å². The van der Waals surface area contributed by atoms with Gasteiger partial charge in [-0.25, -0.2) is 8.42 Å². The maximum Gasteiger partial charge on any atom is 0.501 e. The lowest BCUT2D eigenvalue weighted by Crippen LogP contribution is -2.23. The van der Waals surface area contributed by atoms with E-state index in [0.717, 1.165) is 24.3 Å². The highest BCUT2D eigenvalue weighted by Gasteiger charge is 2.46. The Labute approximate surface area is 84.6 Å². The van der Waals surface area contributed by atoms with Gasteiger partial charge >= 0.3 is 5.51 Å². The minimum absolute atomic E-state index is 0.316. The van der Waals surface area contributed by atoms with Crippen LogP contribution in [0.25, 0.3) is 0 Å². The topological polar surface area (TPSA) is 34.1 Å². The minimum atomic E-state index is -5.29. The van der Waals surface area contributed by atoms with Crippen molar-refractivity contribution in [2.24, 2.45) is 0 Å². The maximum absolute atomic E-state index is 12.1. The number of rotatable bonds is 1. The van der Waals surface area contributed by atoms with Crippen molar-refractivity contribution < 1.29 is 21.6 Å². The number of sulfone groups is 1. The lowest BCUT2D eigenvalue weighted by molar-refractivity contribution is -0.0436. The quantitative estimate of drug-likeness (QED) is 0.696. The molecule has 1 rings (SSSR count). The SMILES string of the molecule is C#Cc1ccc(S(=O)(=O)C(F)(F)F)cc1. The zero-order chi connectivity index (χ0) is 11.7. The first-order valence-corrected chi connectivity index (χ1v) is 5.15. The van der Waals surface area contributed by atoms with Crippen LogP contribution in [-0.2, 0) is 9.84 Å². The summed E-state index contributed by atoms with van der Waals surface area (Å²) in [5.74, 6) is 2.17. The van der Waals surface area contributed by atoms with Crippen LogP contribution in [0.5, 0.6) is 0 Å². The molecule has 0 aliphatic heterocycles. The molecule has 0 aromatic heterocycles. The van der Waals surface area contributed by atoms with E-state index in [1.807, 2.05) is 0 Å². The van der Waals surface area contributed by atoms with Crippen molar-refractivity contribution in [3.05, 3.63) is 29.8 Å². The maximum atomic E-state index is 12.1. The van der Waals surface area contributed by atoms with Gasteiger partial charge in [0.15, 0.2) is 0 Å². The molecule has 0 unspecified atom stereocenters. The van der Waals surface area contributed by atoms with Gasteiger partial charge in [-0.2, -0.15) is 13.2 Å². The summed E-state index contributed by atoms with van der Waals surface area (Å²) < 4.78 is 58.0. The lowest BCUT2D eigenvalue weighted by atomic mass is 10.2. The molecule has 0 fully saturated rings. The van der Waals surface area contributed by atoms with Crippen LogP contribution in [-0.4, -0.2) is 13.9 Å². The number of halogens is 3. The van der Waals surface area contributed by atoms with Gasteiger partial charge in [-0.05, 0) is 24.3 Å². The number of benzene rings is 1. The van der Waals surface area contributed by atoms with E-state index >= 15 is 0 Å². The summed E-state index contributed by atoms with van der Waals surface area (Å²) in [5.41, 5.74) is -4.97. The zero-order valence-electron chi connectivity index (χ0n) is 7.25. The molecule has 0 heterocycles. The van der Waals surface area contributed by atoms with Crippen molar-refractivity contribution in [2.75, 3.05) is 0 Å². The Morgan fingerprint density at radius 2 is 1.60 bits per heavy atom. The first kappa shape index (κ1) is 11.6. The van der Waals surface area contributed by atoms with Crippen molar-refractivity contribution >= 4 is 9.84 Å². The van der Waals surface area contributed by atoms with E-state index in [4.69, 9.17) is 6.42 Å². The van der Waals surface area contributed by atoms with E-state index in [1.165, 1.54) is 0 Å². The van der Waals surface area contributed by atoms with Crippen LogP contribution in [0.15, 0.2) is 29.2 Å². The van der Waals surface area contributed by atoms with Gasteiger partial charge in [0.25, 0.3) is 9.84 Å². The Morgan fingerprint density at radius 3 is 1.93 bits per heavy atom. The molecule has 1 aromatic carbocycles. The second-order valence-electron chi connectivity index (χ2n) is 2.62. The lowest BCUT2D eigenvalue weighted by Gasteiger charge is -2.07. The van der Waals surface area contributed by atoms with E-state index in [9.17, 15) is 21.6 Å². The average molecular weight is 234 g/mol. The van der Waals surface area contributed by atoms with Gasteiger partial charge in [0.2, 0.25) is 0 Å². The van der Waals surface area contributed by atoms with Crippen LogP contribution in [0.2, 0.25) is 0 Å². The van der Waals surface area contributed by atoms with Crippen LogP contribution < -0.4 is 0 Å². The molecule has 80 valence electrons. The predicted molar refractivity (Wildman–Crippen MR) is 47.6 cm³/mol. The van der Waals surface area contributed by atoms with Crippen molar-refractivity contribution in [2.45, 2.75) is 10.4 Å². The van der Waals surface area contributed by atoms with E-state index in [1.54, 1.807) is 0 Å². The Hall–Kier alpha value is -1.48. The molecule has 0 saturated carbocycles. The van der Waals surface area contributed by atoms with Crippen LogP contribution in [0, 0.1) is 12.3 Å². The molecule has 6 heteroatoms. The van der Waals surface area contributed by atoms with Gasteiger partial charge in [-0.15, -0.1) is 6.42 Å². The number of terminal acetylenes is 1. The molecule has 0 aliphatic carbocycles. The van der Waals surface area contributed by atoms with Crippen LogP contribution in [0.1, 0.15) is 5.56 Å². The molecule has 0 amide bonds. The predicted octanol–water partition coefficient (Wildman–Crippen LogP) is 1.96. The van der Waals surface area contributed by atoms with Crippen molar-refractivity contribution in [1.29, 1.82) is 0 Å². The number of hydrogen-bond acceptors (Lipinski definition) is 2. The zero-order valence-corrected chi connectivity index (χ0v) is 8.06. The Kier molecular flexibility index (Phi) is 2.77. The fraction of sp³-hybridized carbons (Fsp3) is 0.111. The molecule has 15 heavy (non-hydrogen) atoms. The van der Waals surface area contributed by atoms with Crippen molar-refractivity contribution in [1.82, 2.24) is 0 Å². The van der Waals surface area contributed by atoms with E-state index in [0.29, 0.717) is 5.56 Å². The van der Waals surface area contributed by atoms with E-state index in [2.05, 4.69) is 5.92 Å². The van der Waals surface area contributed by atoms with Gasteiger partial charge in [0.05, 0.1) is 4.90 Å². The highest BCUT2D eigenvalue weighted by atomic mass is 32.2. The highest BCUT2D eigenvalue weighted by molar-refractivity contribution is 7.92. The molecule has 2 nitrogen and oxygen atoms in total. The number of hydrogen-bond donors (Lipinski definition) is 0. The first-order chi connectivity index (χ1) is 6.79. The molecule has 0 radical (unpaired) electrons. The standard InChI is InChI=1S/C9H5F3O2S/c1-2-7-3-5-8(6-4-7)15(13,14)9(10,11)12/h1,3-6H. The Bertz CT molecular complexity index is 492. The van der Waals surface area contributed by atoms with Gasteiger partial charge in [-0.3, -0.25) is 0 Å². The molecule has 0 N–H and O–H groups in total. The molecule has 0 spiro atoms. The summed E-state index contributed by atoms with van der Waals surface area (Å²) in [5, 5.41) is 0. The second-order valence-corrected chi connectivity index (χ2v) is 4.56. The summed E-state index contributed by atoms with van der Waals surface area (Å²) in [6, 6.07) is 3.94. The summed E-state index contributed by atoms with van der Waals surface area (Å²) in [4.78, 5) is -0.811. The summed E-state index contributed by atoms with van der Waals surface area (Å²) >= 11 is 0. The fourth-order valence-corrected chi connectivity index (χ4v) is 1.63. The van der Waals surface area contributed by atoms with Crippen molar-refractivity contribution in [3.8, 4) is 12.3 Å². The first-order valence-electron chi connectivity index (χ1n) is 3.67. The number of alkyl halides is 3.